The molecule has 1 amide bonds. The van der Waals surface area contributed by atoms with Crippen molar-refractivity contribution < 1.29 is 31.3 Å². The number of hydrogen-bond acceptors (Lipinski definition) is 5. The minimum absolute atomic E-state index is 0.0210. The molecular weight excluding hydrogens is 346 g/mol. The fraction of sp³-hybridized carbons (Fsp3) is 0.133. The van der Waals surface area contributed by atoms with Crippen LogP contribution in [0.2, 0.25) is 0 Å². The van der Waals surface area contributed by atoms with Gasteiger partial charge in [0, 0.05) is 5.56 Å². The van der Waals surface area contributed by atoms with E-state index in [0.29, 0.717) is 5.76 Å². The lowest BCUT2D eigenvalue weighted by atomic mass is 10.1. The predicted molar refractivity (Wildman–Crippen MR) is 74.6 cm³/mol. The van der Waals surface area contributed by atoms with Gasteiger partial charge in [-0.05, 0) is 30.3 Å². The monoisotopic (exact) mass is 355 g/mol. The first-order chi connectivity index (χ1) is 11.8. The van der Waals surface area contributed by atoms with Crippen LogP contribution in [0, 0.1) is 5.82 Å². The Labute approximate surface area is 137 Å². The molecule has 0 saturated carbocycles. The van der Waals surface area contributed by atoms with Crippen LogP contribution in [0.4, 0.5) is 17.6 Å². The quantitative estimate of drug-likeness (QED) is 0.726. The molecule has 0 fully saturated rings. The molecule has 1 N–H and O–H groups in total. The number of alkyl halides is 3. The first kappa shape index (κ1) is 16.7. The predicted octanol–water partition coefficient (Wildman–Crippen LogP) is 3.42. The smallest absolute Gasteiger partial charge is 0.467 e. The average molecular weight is 355 g/mol. The van der Waals surface area contributed by atoms with Crippen molar-refractivity contribution in [1.29, 1.82) is 0 Å². The fourth-order valence-electron chi connectivity index (χ4n) is 1.97. The number of carbonyl (C=O) groups excluding carboxylic acids is 1. The number of nitrogens with one attached hydrogen (secondary N) is 1. The lowest BCUT2D eigenvalue weighted by Crippen LogP contribution is -2.22. The summed E-state index contributed by atoms with van der Waals surface area (Å²) < 4.78 is 60.5. The van der Waals surface area contributed by atoms with Gasteiger partial charge < -0.3 is 14.3 Å². The van der Waals surface area contributed by atoms with Crippen molar-refractivity contribution in [2.75, 3.05) is 0 Å². The van der Waals surface area contributed by atoms with Crippen LogP contribution in [0.5, 0.6) is 0 Å². The maximum absolute atomic E-state index is 14.1. The van der Waals surface area contributed by atoms with Crippen LogP contribution in [-0.4, -0.2) is 16.0 Å². The molecule has 10 heteroatoms. The molecule has 3 rings (SSSR count). The molecule has 0 aliphatic carbocycles. The number of hydrogen-bond donors (Lipinski definition) is 1. The van der Waals surface area contributed by atoms with E-state index in [-0.39, 0.29) is 17.7 Å². The minimum atomic E-state index is -4.83. The Morgan fingerprint density at radius 2 is 2.04 bits per heavy atom. The highest BCUT2D eigenvalue weighted by Gasteiger charge is 2.38. The molecule has 130 valence electrons. The third-order valence-electron chi connectivity index (χ3n) is 3.14. The first-order valence-corrected chi connectivity index (χ1v) is 6.86. The summed E-state index contributed by atoms with van der Waals surface area (Å²) >= 11 is 0. The average Bonchev–Trinajstić information content (AvgIpc) is 3.23. The van der Waals surface area contributed by atoms with Crippen LogP contribution in [-0.2, 0) is 12.7 Å². The van der Waals surface area contributed by atoms with E-state index in [1.165, 1.54) is 12.3 Å². The van der Waals surface area contributed by atoms with E-state index < -0.39 is 29.6 Å². The number of halogens is 4. The number of amides is 1. The van der Waals surface area contributed by atoms with Crippen molar-refractivity contribution in [2.24, 2.45) is 0 Å². The molecule has 0 spiro atoms. The largest absolute Gasteiger partial charge is 0.471 e. The summed E-state index contributed by atoms with van der Waals surface area (Å²) in [5, 5.41) is 5.61. The molecule has 0 unspecified atom stereocenters. The van der Waals surface area contributed by atoms with E-state index in [2.05, 4.69) is 20.0 Å². The summed E-state index contributed by atoms with van der Waals surface area (Å²) in [6, 6.07) is 6.51. The number of furan rings is 1. The van der Waals surface area contributed by atoms with Gasteiger partial charge in [-0.25, -0.2) is 4.39 Å². The molecule has 25 heavy (non-hydrogen) atoms. The second-order valence-electron chi connectivity index (χ2n) is 4.88. The molecule has 0 atom stereocenters. The van der Waals surface area contributed by atoms with Crippen LogP contribution >= 0.6 is 0 Å². The lowest BCUT2D eigenvalue weighted by Gasteiger charge is -2.05. The third kappa shape index (κ3) is 3.67. The van der Waals surface area contributed by atoms with E-state index in [1.807, 2.05) is 0 Å². The second kappa shape index (κ2) is 6.38. The molecule has 0 saturated heterocycles. The van der Waals surface area contributed by atoms with E-state index in [4.69, 9.17) is 4.42 Å². The van der Waals surface area contributed by atoms with Crippen molar-refractivity contribution in [3.63, 3.8) is 0 Å². The van der Waals surface area contributed by atoms with Gasteiger partial charge >= 0.3 is 12.1 Å². The van der Waals surface area contributed by atoms with Gasteiger partial charge in [-0.3, -0.25) is 4.79 Å². The van der Waals surface area contributed by atoms with Crippen molar-refractivity contribution >= 4 is 5.91 Å². The Kier molecular flexibility index (Phi) is 4.26. The summed E-state index contributed by atoms with van der Waals surface area (Å²) in [6.07, 6.45) is -3.39. The molecule has 3 aromatic rings. The topological polar surface area (TPSA) is 81.2 Å². The van der Waals surface area contributed by atoms with E-state index in [1.54, 1.807) is 12.1 Å². The first-order valence-electron chi connectivity index (χ1n) is 6.86. The summed E-state index contributed by atoms with van der Waals surface area (Å²) in [5.41, 5.74) is -0.339. The van der Waals surface area contributed by atoms with Crippen LogP contribution in [0.25, 0.3) is 11.4 Å². The highest BCUT2D eigenvalue weighted by molar-refractivity contribution is 5.94. The normalized spacial score (nSPS) is 11.5. The molecule has 2 heterocycles. The summed E-state index contributed by atoms with van der Waals surface area (Å²) in [7, 11) is 0. The summed E-state index contributed by atoms with van der Waals surface area (Å²) in [6.45, 7) is 0.106. The van der Waals surface area contributed by atoms with Crippen molar-refractivity contribution in [3.05, 3.63) is 59.6 Å². The van der Waals surface area contributed by atoms with Crippen LogP contribution in [0.1, 0.15) is 22.0 Å². The molecule has 0 aliphatic heterocycles. The molecule has 2 aromatic heterocycles. The van der Waals surface area contributed by atoms with Crippen LogP contribution in [0.15, 0.2) is 45.5 Å². The van der Waals surface area contributed by atoms with Gasteiger partial charge in [-0.1, -0.05) is 5.16 Å². The number of nitrogens with zero attached hydrogens (tertiary/aromatic N) is 2. The number of aromatic nitrogens is 2. The second-order valence-corrected chi connectivity index (χ2v) is 4.88. The highest BCUT2D eigenvalue weighted by atomic mass is 19.4. The standard InChI is InChI=1S/C15H9F4N3O3/c16-11-6-8(13(23)20-7-9-2-1-5-24-9)3-4-10(11)12-21-14(25-22-12)15(17,18)19/h1-6H,7H2,(H,20,23). The zero-order valence-corrected chi connectivity index (χ0v) is 12.3. The van der Waals surface area contributed by atoms with Crippen LogP contribution < -0.4 is 5.32 Å². The molecule has 1 aromatic carbocycles. The van der Waals surface area contributed by atoms with Gasteiger partial charge in [0.15, 0.2) is 0 Å². The van der Waals surface area contributed by atoms with E-state index >= 15 is 0 Å². The molecule has 6 nitrogen and oxygen atoms in total. The minimum Gasteiger partial charge on any atom is -0.467 e. The zero-order chi connectivity index (χ0) is 18.0. The number of rotatable bonds is 4. The number of benzene rings is 1. The van der Waals surface area contributed by atoms with E-state index in [9.17, 15) is 22.4 Å². The van der Waals surface area contributed by atoms with Gasteiger partial charge in [0.1, 0.15) is 11.6 Å². The third-order valence-corrected chi connectivity index (χ3v) is 3.14. The van der Waals surface area contributed by atoms with Crippen LogP contribution in [0.3, 0.4) is 0 Å². The van der Waals surface area contributed by atoms with Crippen molar-refractivity contribution in [3.8, 4) is 11.4 Å². The summed E-state index contributed by atoms with van der Waals surface area (Å²) in [4.78, 5) is 15.1. The van der Waals surface area contributed by atoms with Gasteiger partial charge in [-0.2, -0.15) is 18.2 Å². The van der Waals surface area contributed by atoms with Crippen molar-refractivity contribution in [1.82, 2.24) is 15.5 Å². The lowest BCUT2D eigenvalue weighted by molar-refractivity contribution is -0.159. The molecular formula is C15H9F4N3O3. The zero-order valence-electron chi connectivity index (χ0n) is 12.3. The molecule has 0 aliphatic rings. The Morgan fingerprint density at radius 1 is 1.24 bits per heavy atom. The number of carbonyl (C=O) groups is 1. The van der Waals surface area contributed by atoms with Gasteiger partial charge in [-0.15, -0.1) is 0 Å². The maximum atomic E-state index is 14.1. The Hall–Kier alpha value is -3.17. The fourth-order valence-corrected chi connectivity index (χ4v) is 1.97. The van der Waals surface area contributed by atoms with Gasteiger partial charge in [0.2, 0.25) is 5.82 Å². The Morgan fingerprint density at radius 3 is 2.64 bits per heavy atom. The summed E-state index contributed by atoms with van der Waals surface area (Å²) in [5.74, 6) is -3.17. The Balaban J connectivity index is 1.76. The van der Waals surface area contributed by atoms with E-state index in [0.717, 1.165) is 12.1 Å². The van der Waals surface area contributed by atoms with Crippen molar-refractivity contribution in [2.45, 2.75) is 12.7 Å². The SMILES string of the molecule is O=C(NCc1ccco1)c1ccc(-c2noc(C(F)(F)F)n2)c(F)c1. The molecule has 0 radical (unpaired) electrons. The highest BCUT2D eigenvalue weighted by Crippen LogP contribution is 2.30. The molecule has 0 bridgehead atoms. The van der Waals surface area contributed by atoms with Gasteiger partial charge in [0.25, 0.3) is 5.91 Å². The Bertz CT molecular complexity index is 888. The van der Waals surface area contributed by atoms with Gasteiger partial charge in [0.05, 0.1) is 18.4 Å². The maximum Gasteiger partial charge on any atom is 0.471 e.